The zero-order valence-corrected chi connectivity index (χ0v) is 15.6. The summed E-state index contributed by atoms with van der Waals surface area (Å²) in [5.74, 6) is -1.70. The van der Waals surface area contributed by atoms with Crippen molar-refractivity contribution in [1.82, 2.24) is 4.98 Å². The van der Waals surface area contributed by atoms with E-state index < -0.39 is 41.2 Å². The number of aromatic nitrogens is 1. The number of nitrogens with zero attached hydrogens (tertiary/aromatic N) is 1. The number of ether oxygens (including phenoxy) is 1. The number of alkyl halides is 3. The number of rotatable bonds is 4. The standard InChI is InChI=1S/C18H15ClF4N2O4/c1-16(15(24)27)7-29-14-9(16)5-12(17(28,6-26)18(21,22)23)25-13(14)8-2-3-11(20)10(19)4-8/h2-5,26,28H,6-7H2,1H3,(H2,24,27)/t16-,17?/m0/s1. The monoisotopic (exact) mass is 434 g/mol. The van der Waals surface area contributed by atoms with Gasteiger partial charge in [0.1, 0.15) is 29.3 Å². The predicted molar refractivity (Wildman–Crippen MR) is 93.7 cm³/mol. The summed E-state index contributed by atoms with van der Waals surface area (Å²) in [4.78, 5) is 15.8. The number of nitrogens with two attached hydrogens (primary N) is 1. The number of carbonyl (C=O) groups is 1. The van der Waals surface area contributed by atoms with Crippen LogP contribution in [-0.4, -0.2) is 40.5 Å². The zero-order chi connectivity index (χ0) is 21.8. The average molecular weight is 435 g/mol. The van der Waals surface area contributed by atoms with Gasteiger partial charge >= 0.3 is 6.18 Å². The number of hydrogen-bond acceptors (Lipinski definition) is 5. The Balaban J connectivity index is 2.36. The third-order valence-corrected chi connectivity index (χ3v) is 5.22. The average Bonchev–Trinajstić information content (AvgIpc) is 3.00. The number of carbonyl (C=O) groups excluding carboxylic acids is 1. The van der Waals surface area contributed by atoms with Crippen molar-refractivity contribution in [3.63, 3.8) is 0 Å². The van der Waals surface area contributed by atoms with E-state index in [9.17, 15) is 32.6 Å². The van der Waals surface area contributed by atoms with Crippen molar-refractivity contribution in [3.8, 4) is 17.0 Å². The SMILES string of the molecule is C[C@]1(C(N)=O)COc2c1cc(C(O)(CO)C(F)(F)F)nc2-c1ccc(F)c(Cl)c1. The smallest absolute Gasteiger partial charge is 0.425 e. The number of aliphatic hydroxyl groups is 2. The molecule has 0 fully saturated rings. The maximum Gasteiger partial charge on any atom is 0.425 e. The second-order valence-electron chi connectivity index (χ2n) is 6.86. The molecule has 11 heteroatoms. The van der Waals surface area contributed by atoms with Gasteiger partial charge in [-0.15, -0.1) is 0 Å². The Bertz CT molecular complexity index is 1000. The predicted octanol–water partition coefficient (Wildman–Crippen LogP) is 2.42. The number of amides is 1. The summed E-state index contributed by atoms with van der Waals surface area (Å²) in [7, 11) is 0. The molecule has 156 valence electrons. The molecule has 6 nitrogen and oxygen atoms in total. The summed E-state index contributed by atoms with van der Waals surface area (Å²) in [6.45, 7) is -0.647. The van der Waals surface area contributed by atoms with Crippen LogP contribution in [0.2, 0.25) is 5.02 Å². The zero-order valence-electron chi connectivity index (χ0n) is 14.8. The fourth-order valence-electron chi connectivity index (χ4n) is 2.95. The molecule has 2 heterocycles. The molecule has 1 aromatic carbocycles. The number of aliphatic hydroxyl groups excluding tert-OH is 1. The summed E-state index contributed by atoms with van der Waals surface area (Å²) in [5.41, 5.74) is -1.00. The summed E-state index contributed by atoms with van der Waals surface area (Å²) in [5, 5.41) is 19.1. The molecule has 1 unspecified atom stereocenters. The molecule has 3 rings (SSSR count). The number of hydrogen-bond donors (Lipinski definition) is 3. The molecule has 1 aliphatic heterocycles. The maximum atomic E-state index is 13.5. The molecule has 2 atom stereocenters. The van der Waals surface area contributed by atoms with E-state index in [1.165, 1.54) is 13.0 Å². The van der Waals surface area contributed by atoms with Crippen LogP contribution < -0.4 is 10.5 Å². The van der Waals surface area contributed by atoms with Crippen LogP contribution in [0.1, 0.15) is 18.2 Å². The van der Waals surface area contributed by atoms with Crippen molar-refractivity contribution in [2.24, 2.45) is 5.73 Å². The first-order chi connectivity index (χ1) is 13.3. The van der Waals surface area contributed by atoms with Crippen molar-refractivity contribution in [2.75, 3.05) is 13.2 Å². The second kappa shape index (κ2) is 6.82. The summed E-state index contributed by atoms with van der Waals surface area (Å²) in [6.07, 6.45) is -5.29. The van der Waals surface area contributed by atoms with E-state index in [0.29, 0.717) is 0 Å². The van der Waals surface area contributed by atoms with Gasteiger partial charge in [-0.3, -0.25) is 4.79 Å². The van der Waals surface area contributed by atoms with Crippen molar-refractivity contribution in [2.45, 2.75) is 24.1 Å². The maximum absolute atomic E-state index is 13.5. The lowest BCUT2D eigenvalue weighted by atomic mass is 9.82. The van der Waals surface area contributed by atoms with Crippen molar-refractivity contribution < 1.29 is 37.3 Å². The summed E-state index contributed by atoms with van der Waals surface area (Å²) < 4.78 is 59.5. The third-order valence-electron chi connectivity index (χ3n) is 4.93. The van der Waals surface area contributed by atoms with Gasteiger partial charge in [0.05, 0.1) is 17.3 Å². The summed E-state index contributed by atoms with van der Waals surface area (Å²) in [6, 6.07) is 4.11. The van der Waals surface area contributed by atoms with E-state index >= 15 is 0 Å². The molecule has 0 radical (unpaired) electrons. The first kappa shape index (κ1) is 21.3. The lowest BCUT2D eigenvalue weighted by molar-refractivity contribution is -0.279. The van der Waals surface area contributed by atoms with Crippen LogP contribution in [0.5, 0.6) is 5.75 Å². The molecular formula is C18H15ClF4N2O4. The van der Waals surface area contributed by atoms with E-state index in [2.05, 4.69) is 4.98 Å². The Labute approximate surface area is 166 Å². The Hall–Kier alpha value is -2.43. The van der Waals surface area contributed by atoms with E-state index in [1.54, 1.807) is 0 Å². The van der Waals surface area contributed by atoms with Gasteiger partial charge in [-0.25, -0.2) is 9.37 Å². The van der Waals surface area contributed by atoms with Gasteiger partial charge in [0.25, 0.3) is 0 Å². The number of fused-ring (bicyclic) bond motifs is 1. The largest absolute Gasteiger partial charge is 0.489 e. The minimum atomic E-state index is -5.29. The van der Waals surface area contributed by atoms with Crippen molar-refractivity contribution in [1.29, 1.82) is 0 Å². The number of primary amides is 1. The molecule has 0 bridgehead atoms. The highest BCUT2D eigenvalue weighted by Crippen LogP contribution is 2.47. The van der Waals surface area contributed by atoms with E-state index in [-0.39, 0.29) is 34.2 Å². The van der Waals surface area contributed by atoms with Crippen molar-refractivity contribution in [3.05, 3.63) is 46.4 Å². The Morgan fingerprint density at radius 3 is 2.55 bits per heavy atom. The van der Waals surface area contributed by atoms with E-state index in [0.717, 1.165) is 18.2 Å². The molecule has 1 aromatic heterocycles. The fraction of sp³-hybridized carbons (Fsp3) is 0.333. The van der Waals surface area contributed by atoms with Crippen LogP contribution in [0.25, 0.3) is 11.3 Å². The molecule has 2 aromatic rings. The van der Waals surface area contributed by atoms with E-state index in [4.69, 9.17) is 22.1 Å². The lowest BCUT2D eigenvalue weighted by Gasteiger charge is -2.29. The molecule has 29 heavy (non-hydrogen) atoms. The molecule has 1 amide bonds. The van der Waals surface area contributed by atoms with Crippen LogP contribution in [0, 0.1) is 5.82 Å². The minimum absolute atomic E-state index is 0.0541. The van der Waals surface area contributed by atoms with Gasteiger partial charge < -0.3 is 20.7 Å². The first-order valence-corrected chi connectivity index (χ1v) is 8.57. The highest BCUT2D eigenvalue weighted by Gasteiger charge is 2.57. The second-order valence-corrected chi connectivity index (χ2v) is 7.27. The quantitative estimate of drug-likeness (QED) is 0.641. The van der Waals surface area contributed by atoms with Crippen LogP contribution >= 0.6 is 11.6 Å². The Morgan fingerprint density at radius 2 is 2.03 bits per heavy atom. The van der Waals surface area contributed by atoms with E-state index in [1.807, 2.05) is 0 Å². The molecule has 0 saturated heterocycles. The highest BCUT2D eigenvalue weighted by atomic mass is 35.5. The molecular weight excluding hydrogens is 420 g/mol. The number of benzene rings is 1. The Morgan fingerprint density at radius 1 is 1.38 bits per heavy atom. The molecule has 0 aliphatic carbocycles. The minimum Gasteiger partial charge on any atom is -0.489 e. The van der Waals surface area contributed by atoms with Crippen LogP contribution in [0.3, 0.4) is 0 Å². The van der Waals surface area contributed by atoms with Crippen LogP contribution in [0.15, 0.2) is 24.3 Å². The normalized spacial score (nSPS) is 20.7. The molecule has 1 aliphatic rings. The van der Waals surface area contributed by atoms with Gasteiger partial charge in [-0.05, 0) is 31.2 Å². The number of pyridine rings is 1. The lowest BCUT2D eigenvalue weighted by Crippen LogP contribution is -2.46. The van der Waals surface area contributed by atoms with Gasteiger partial charge in [0.2, 0.25) is 11.5 Å². The highest BCUT2D eigenvalue weighted by molar-refractivity contribution is 6.31. The Kier molecular flexibility index (Phi) is 5.01. The van der Waals surface area contributed by atoms with Gasteiger partial charge in [-0.2, -0.15) is 13.2 Å². The topological polar surface area (TPSA) is 106 Å². The molecule has 0 spiro atoms. The molecule has 0 saturated carbocycles. The van der Waals surface area contributed by atoms with Gasteiger partial charge in [0.15, 0.2) is 0 Å². The first-order valence-electron chi connectivity index (χ1n) is 8.19. The fourth-order valence-corrected chi connectivity index (χ4v) is 3.13. The van der Waals surface area contributed by atoms with Crippen LogP contribution in [0.4, 0.5) is 17.6 Å². The van der Waals surface area contributed by atoms with Crippen LogP contribution in [-0.2, 0) is 15.8 Å². The summed E-state index contributed by atoms with van der Waals surface area (Å²) >= 11 is 5.76. The third kappa shape index (κ3) is 3.21. The van der Waals surface area contributed by atoms with Gasteiger partial charge in [-0.1, -0.05) is 11.6 Å². The van der Waals surface area contributed by atoms with Gasteiger partial charge in [0, 0.05) is 11.1 Å². The number of halogens is 5. The molecule has 4 N–H and O–H groups in total. The van der Waals surface area contributed by atoms with Crippen molar-refractivity contribution >= 4 is 17.5 Å².